The maximum atomic E-state index is 13.4. The molecule has 2 aromatic heterocycles. The largest absolute Gasteiger partial charge is 0.382 e. The lowest BCUT2D eigenvalue weighted by molar-refractivity contribution is -0.122. The van der Waals surface area contributed by atoms with Gasteiger partial charge in [0.05, 0.1) is 17.0 Å². The third kappa shape index (κ3) is 5.38. The molecule has 0 aliphatic carbocycles. The summed E-state index contributed by atoms with van der Waals surface area (Å²) in [6, 6.07) is 13.4. The van der Waals surface area contributed by atoms with Crippen molar-refractivity contribution in [2.45, 2.75) is 26.8 Å². The number of aryl methyl sites for hydroxylation is 1. The molecule has 0 radical (unpaired) electrons. The van der Waals surface area contributed by atoms with Gasteiger partial charge in [0, 0.05) is 26.0 Å². The zero-order chi connectivity index (χ0) is 24.1. The first kappa shape index (κ1) is 24.1. The van der Waals surface area contributed by atoms with Gasteiger partial charge in [0.1, 0.15) is 15.8 Å². The fourth-order valence-electron chi connectivity index (χ4n) is 3.58. The molecule has 0 atom stereocenters. The zero-order valence-corrected chi connectivity index (χ0v) is 20.7. The SMILES string of the molecule is CCOCCCNc1nc2ccc(C)cn2c(=O)c1C=C1SC(=S)N(Cc2ccccc2)C1=O. The molecule has 3 heterocycles. The number of carbonyl (C=O) groups excluding carboxylic acids is 1. The van der Waals surface area contributed by atoms with Crippen molar-refractivity contribution >= 4 is 51.7 Å². The number of anilines is 1. The number of amides is 1. The van der Waals surface area contributed by atoms with E-state index in [4.69, 9.17) is 17.0 Å². The lowest BCUT2D eigenvalue weighted by Crippen LogP contribution is -2.27. The molecule has 0 bridgehead atoms. The van der Waals surface area contributed by atoms with Gasteiger partial charge in [-0.1, -0.05) is 60.4 Å². The fourth-order valence-corrected chi connectivity index (χ4v) is 4.82. The molecule has 34 heavy (non-hydrogen) atoms. The maximum Gasteiger partial charge on any atom is 0.267 e. The molecule has 0 spiro atoms. The van der Waals surface area contributed by atoms with Crippen LogP contribution >= 0.6 is 24.0 Å². The van der Waals surface area contributed by atoms with Crippen LogP contribution in [0.25, 0.3) is 11.7 Å². The third-order valence-corrected chi connectivity index (χ3v) is 6.68. The Hall–Kier alpha value is -3.01. The summed E-state index contributed by atoms with van der Waals surface area (Å²) in [7, 11) is 0. The van der Waals surface area contributed by atoms with Crippen LogP contribution in [0.2, 0.25) is 0 Å². The lowest BCUT2D eigenvalue weighted by Gasteiger charge is -2.14. The van der Waals surface area contributed by atoms with Crippen LogP contribution in [0.4, 0.5) is 5.82 Å². The van der Waals surface area contributed by atoms with Crippen LogP contribution in [0.5, 0.6) is 0 Å². The first-order valence-corrected chi connectivity index (χ1v) is 12.3. The van der Waals surface area contributed by atoms with E-state index in [2.05, 4.69) is 10.3 Å². The fraction of sp³-hybridized carbons (Fsp3) is 0.280. The van der Waals surface area contributed by atoms with E-state index in [1.165, 1.54) is 16.2 Å². The second kappa shape index (κ2) is 10.9. The van der Waals surface area contributed by atoms with Crippen LogP contribution in [0.3, 0.4) is 0 Å². The average Bonchev–Trinajstić information content (AvgIpc) is 3.09. The van der Waals surface area contributed by atoms with Crippen molar-refractivity contribution in [3.63, 3.8) is 0 Å². The molecular formula is C25H26N4O3S2. The minimum absolute atomic E-state index is 0.213. The number of pyridine rings is 1. The number of hydrogen-bond donors (Lipinski definition) is 1. The first-order valence-electron chi connectivity index (χ1n) is 11.1. The summed E-state index contributed by atoms with van der Waals surface area (Å²) in [5, 5.41) is 3.25. The summed E-state index contributed by atoms with van der Waals surface area (Å²) in [5.41, 5.74) is 2.55. The molecule has 176 valence electrons. The normalized spacial score (nSPS) is 15.0. The Morgan fingerprint density at radius 1 is 1.18 bits per heavy atom. The molecule has 3 aromatic rings. The number of rotatable bonds is 9. The Kier molecular flexibility index (Phi) is 7.77. The highest BCUT2D eigenvalue weighted by atomic mass is 32.2. The standard InChI is InChI=1S/C25H26N4O3S2/c1-3-32-13-7-12-26-22-19(23(30)28-15-17(2)10-11-21(28)27-22)14-20-24(31)29(25(33)34-20)16-18-8-5-4-6-9-18/h4-6,8-11,14-15,26H,3,7,12-13,16H2,1-2H3. The maximum absolute atomic E-state index is 13.4. The summed E-state index contributed by atoms with van der Waals surface area (Å²) >= 11 is 6.68. The predicted molar refractivity (Wildman–Crippen MR) is 141 cm³/mol. The Morgan fingerprint density at radius 3 is 2.74 bits per heavy atom. The van der Waals surface area contributed by atoms with Crippen LogP contribution in [-0.4, -0.2) is 44.3 Å². The van der Waals surface area contributed by atoms with Crippen molar-refractivity contribution in [1.29, 1.82) is 0 Å². The van der Waals surface area contributed by atoms with Crippen molar-refractivity contribution in [2.75, 3.05) is 25.1 Å². The number of benzene rings is 1. The van der Waals surface area contributed by atoms with E-state index >= 15 is 0 Å². The van der Waals surface area contributed by atoms with E-state index in [1.807, 2.05) is 56.3 Å². The zero-order valence-electron chi connectivity index (χ0n) is 19.1. The number of nitrogens with zero attached hydrogens (tertiary/aromatic N) is 3. The van der Waals surface area contributed by atoms with Crippen molar-refractivity contribution in [3.8, 4) is 0 Å². The van der Waals surface area contributed by atoms with Gasteiger partial charge in [0.25, 0.3) is 11.5 Å². The molecule has 1 aliphatic rings. The molecule has 1 amide bonds. The van der Waals surface area contributed by atoms with Crippen molar-refractivity contribution < 1.29 is 9.53 Å². The number of hydrogen-bond acceptors (Lipinski definition) is 7. The van der Waals surface area contributed by atoms with Crippen LogP contribution in [-0.2, 0) is 16.1 Å². The molecule has 4 rings (SSSR count). The molecule has 0 saturated carbocycles. The van der Waals surface area contributed by atoms with Gasteiger partial charge in [-0.05, 0) is 43.5 Å². The molecule has 1 aromatic carbocycles. The highest BCUT2D eigenvalue weighted by Crippen LogP contribution is 2.34. The molecule has 7 nitrogen and oxygen atoms in total. The number of nitrogens with one attached hydrogen (secondary N) is 1. The summed E-state index contributed by atoms with van der Waals surface area (Å²) in [6.07, 6.45) is 4.13. The Labute approximate surface area is 207 Å². The van der Waals surface area contributed by atoms with Crippen LogP contribution in [0, 0.1) is 6.92 Å². The quantitative estimate of drug-likeness (QED) is 0.271. The van der Waals surface area contributed by atoms with Gasteiger partial charge in [-0.15, -0.1) is 0 Å². The summed E-state index contributed by atoms with van der Waals surface area (Å²) in [4.78, 5) is 33.2. The first-order chi connectivity index (χ1) is 16.5. The van der Waals surface area contributed by atoms with E-state index in [1.54, 1.807) is 17.2 Å². The van der Waals surface area contributed by atoms with Crippen molar-refractivity contribution in [3.05, 3.63) is 80.6 Å². The number of fused-ring (bicyclic) bond motifs is 1. The summed E-state index contributed by atoms with van der Waals surface area (Å²) < 4.78 is 7.38. The molecule has 1 aliphatic heterocycles. The number of carbonyl (C=O) groups is 1. The second-order valence-electron chi connectivity index (χ2n) is 7.84. The van der Waals surface area contributed by atoms with Crippen LogP contribution in [0.15, 0.2) is 58.4 Å². The van der Waals surface area contributed by atoms with Gasteiger partial charge in [-0.25, -0.2) is 4.98 Å². The molecule has 1 fully saturated rings. The smallest absolute Gasteiger partial charge is 0.267 e. The predicted octanol–water partition coefficient (Wildman–Crippen LogP) is 4.24. The number of thiocarbonyl (C=S) groups is 1. The van der Waals surface area contributed by atoms with Gasteiger partial charge < -0.3 is 10.1 Å². The Bertz CT molecular complexity index is 1300. The van der Waals surface area contributed by atoms with Crippen molar-refractivity contribution in [2.24, 2.45) is 0 Å². The average molecular weight is 495 g/mol. The molecular weight excluding hydrogens is 468 g/mol. The second-order valence-corrected chi connectivity index (χ2v) is 9.52. The molecule has 1 saturated heterocycles. The third-order valence-electron chi connectivity index (χ3n) is 5.30. The Morgan fingerprint density at radius 2 is 1.97 bits per heavy atom. The topological polar surface area (TPSA) is 75.9 Å². The highest BCUT2D eigenvalue weighted by Gasteiger charge is 2.32. The van der Waals surface area contributed by atoms with E-state index in [0.717, 1.165) is 17.5 Å². The molecule has 1 N–H and O–H groups in total. The van der Waals surface area contributed by atoms with Gasteiger partial charge in [0.15, 0.2) is 0 Å². The van der Waals surface area contributed by atoms with E-state index < -0.39 is 0 Å². The van der Waals surface area contributed by atoms with Gasteiger partial charge in [0.2, 0.25) is 0 Å². The van der Waals surface area contributed by atoms with E-state index in [0.29, 0.717) is 52.6 Å². The highest BCUT2D eigenvalue weighted by molar-refractivity contribution is 8.26. The van der Waals surface area contributed by atoms with E-state index in [9.17, 15) is 9.59 Å². The van der Waals surface area contributed by atoms with Crippen LogP contribution in [0.1, 0.15) is 30.0 Å². The van der Waals surface area contributed by atoms with Crippen LogP contribution < -0.4 is 10.9 Å². The minimum atomic E-state index is -0.241. The monoisotopic (exact) mass is 494 g/mol. The van der Waals surface area contributed by atoms with Crippen molar-refractivity contribution in [1.82, 2.24) is 14.3 Å². The number of thioether (sulfide) groups is 1. The van der Waals surface area contributed by atoms with Gasteiger partial charge >= 0.3 is 0 Å². The lowest BCUT2D eigenvalue weighted by atomic mass is 10.2. The summed E-state index contributed by atoms with van der Waals surface area (Å²) in [5.74, 6) is 0.230. The molecule has 9 heteroatoms. The van der Waals surface area contributed by atoms with E-state index in [-0.39, 0.29) is 11.5 Å². The van der Waals surface area contributed by atoms with Gasteiger partial charge in [-0.3, -0.25) is 18.9 Å². The Balaban J connectivity index is 1.68. The van der Waals surface area contributed by atoms with Gasteiger partial charge in [-0.2, -0.15) is 0 Å². The number of ether oxygens (including phenoxy) is 1. The number of aromatic nitrogens is 2. The molecule has 0 unspecified atom stereocenters. The summed E-state index contributed by atoms with van der Waals surface area (Å²) in [6.45, 7) is 6.12. The minimum Gasteiger partial charge on any atom is -0.382 e.